The van der Waals surface area contributed by atoms with Crippen molar-refractivity contribution in [2.24, 2.45) is 28.6 Å². The standard InChI is InChI=1S/C31H39FN2O5/c1-27(2)38-26-13-22-21-11-10-19-12-23-18(16-33-34(23)20-8-6-5-7-9-20)14-28(19,3)30(21,32)24(36)15-29(22,4)31(26,39-27)25(37)17-35/h5-9,16,19,21-22,24,26,35-36H,10-15,17H2,1-4H3/t19-,21+,22+,24+,26-,28+,29+,30+,31-/m1/s1. The van der Waals surface area contributed by atoms with Crippen molar-refractivity contribution in [3.05, 3.63) is 47.8 Å². The molecule has 9 atom stereocenters. The van der Waals surface area contributed by atoms with Crippen molar-refractivity contribution in [2.75, 3.05) is 6.61 Å². The minimum atomic E-state index is -1.83. The normalized spacial score (nSPS) is 45.6. The molecule has 1 aromatic carbocycles. The van der Waals surface area contributed by atoms with Gasteiger partial charge in [-0.25, -0.2) is 9.07 Å². The van der Waals surface area contributed by atoms with E-state index in [1.54, 1.807) is 13.8 Å². The zero-order chi connectivity index (χ0) is 27.6. The summed E-state index contributed by atoms with van der Waals surface area (Å²) in [6.45, 7) is 6.86. The molecule has 4 fully saturated rings. The second-order valence-electron chi connectivity index (χ2n) is 13.7. The molecule has 1 saturated heterocycles. The summed E-state index contributed by atoms with van der Waals surface area (Å²) in [6, 6.07) is 10.0. The van der Waals surface area contributed by atoms with Crippen LogP contribution < -0.4 is 0 Å². The van der Waals surface area contributed by atoms with Crippen LogP contribution in [0.2, 0.25) is 0 Å². The number of halogens is 1. The number of ketones is 1. The fourth-order valence-electron chi connectivity index (χ4n) is 10.1. The summed E-state index contributed by atoms with van der Waals surface area (Å²) >= 11 is 0. The highest BCUT2D eigenvalue weighted by Crippen LogP contribution is 2.73. The Morgan fingerprint density at radius 1 is 1.13 bits per heavy atom. The number of aliphatic hydroxyl groups is 2. The van der Waals surface area contributed by atoms with Crippen LogP contribution in [-0.4, -0.2) is 61.6 Å². The number of hydrogen-bond acceptors (Lipinski definition) is 6. The van der Waals surface area contributed by atoms with E-state index in [2.05, 4.69) is 0 Å². The SMILES string of the molecule is CC1(C)O[C@@H]2C[C@H]3[C@@H]4CC[C@@H]5Cc6c(cnn6-c6ccccc6)C[C@]5(C)[C@@]4(F)[C@@H](O)C[C@]3(C)[C@]2(C(=O)CO)O1. The predicted molar refractivity (Wildman–Crippen MR) is 141 cm³/mol. The summed E-state index contributed by atoms with van der Waals surface area (Å²) in [4.78, 5) is 13.4. The van der Waals surface area contributed by atoms with Crippen molar-refractivity contribution in [3.63, 3.8) is 0 Å². The van der Waals surface area contributed by atoms with Gasteiger partial charge in [-0.3, -0.25) is 4.79 Å². The van der Waals surface area contributed by atoms with E-state index < -0.39 is 58.4 Å². The Kier molecular flexibility index (Phi) is 5.29. The van der Waals surface area contributed by atoms with Gasteiger partial charge < -0.3 is 19.7 Å². The number of aromatic nitrogens is 2. The molecule has 1 aromatic heterocycles. The number of carbonyl (C=O) groups excluding carboxylic acids is 1. The zero-order valence-corrected chi connectivity index (χ0v) is 23.2. The minimum Gasteiger partial charge on any atom is -0.390 e. The number of alkyl halides is 1. The van der Waals surface area contributed by atoms with E-state index in [4.69, 9.17) is 14.6 Å². The lowest BCUT2D eigenvalue weighted by atomic mass is 9.42. The molecule has 2 aromatic rings. The molecule has 7 rings (SSSR count). The van der Waals surface area contributed by atoms with Crippen LogP contribution in [0.25, 0.3) is 5.69 Å². The molecule has 7 nitrogen and oxygen atoms in total. The van der Waals surface area contributed by atoms with E-state index >= 15 is 4.39 Å². The quantitative estimate of drug-likeness (QED) is 0.615. The first-order valence-corrected chi connectivity index (χ1v) is 14.4. The van der Waals surface area contributed by atoms with Gasteiger partial charge in [0.05, 0.1) is 24.1 Å². The zero-order valence-electron chi connectivity index (χ0n) is 23.2. The summed E-state index contributed by atoms with van der Waals surface area (Å²) in [5.41, 5.74) is -1.68. The van der Waals surface area contributed by atoms with Gasteiger partial charge in [0.15, 0.2) is 17.2 Å². The van der Waals surface area contributed by atoms with Gasteiger partial charge in [-0.15, -0.1) is 0 Å². The average molecular weight is 539 g/mol. The van der Waals surface area contributed by atoms with E-state index in [9.17, 15) is 15.0 Å². The van der Waals surface area contributed by atoms with E-state index in [0.717, 1.165) is 23.4 Å². The molecule has 39 heavy (non-hydrogen) atoms. The summed E-state index contributed by atoms with van der Waals surface area (Å²) < 4.78 is 32.6. The number of carbonyl (C=O) groups is 1. The summed E-state index contributed by atoms with van der Waals surface area (Å²) in [6.07, 6.45) is 3.28. The highest BCUT2D eigenvalue weighted by Gasteiger charge is 2.80. The van der Waals surface area contributed by atoms with E-state index in [1.165, 1.54) is 0 Å². The van der Waals surface area contributed by atoms with Crippen molar-refractivity contribution < 1.29 is 28.9 Å². The third-order valence-corrected chi connectivity index (χ3v) is 11.7. The molecule has 0 radical (unpaired) electrons. The number of benzene rings is 1. The molecule has 2 heterocycles. The van der Waals surface area contributed by atoms with Gasteiger partial charge in [0.25, 0.3) is 0 Å². The number of Topliss-reactive ketones (excluding diaryl/α,β-unsaturated/α-hetero) is 1. The maximum atomic E-state index is 18.0. The molecule has 0 bridgehead atoms. The highest BCUT2D eigenvalue weighted by atomic mass is 19.1. The molecule has 0 spiro atoms. The topological polar surface area (TPSA) is 93.8 Å². The first-order chi connectivity index (χ1) is 18.4. The molecule has 210 valence electrons. The smallest absolute Gasteiger partial charge is 0.193 e. The maximum Gasteiger partial charge on any atom is 0.193 e. The minimum absolute atomic E-state index is 0.0600. The van der Waals surface area contributed by atoms with Crippen LogP contribution in [0, 0.1) is 28.6 Å². The van der Waals surface area contributed by atoms with Gasteiger partial charge in [0.1, 0.15) is 12.3 Å². The maximum absolute atomic E-state index is 18.0. The van der Waals surface area contributed by atoms with Gasteiger partial charge in [-0.2, -0.15) is 5.10 Å². The van der Waals surface area contributed by atoms with Gasteiger partial charge in [0, 0.05) is 16.5 Å². The first kappa shape index (κ1) is 25.8. The lowest BCUT2D eigenvalue weighted by Gasteiger charge is -2.65. The molecule has 5 aliphatic rings. The molecule has 0 amide bonds. The number of nitrogens with zero attached hydrogens (tertiary/aromatic N) is 2. The van der Waals surface area contributed by atoms with Crippen LogP contribution in [0.5, 0.6) is 0 Å². The Balaban J connectivity index is 1.29. The van der Waals surface area contributed by atoms with Crippen LogP contribution >= 0.6 is 0 Å². The number of para-hydroxylation sites is 1. The molecular weight excluding hydrogens is 499 g/mol. The Morgan fingerprint density at radius 2 is 1.87 bits per heavy atom. The van der Waals surface area contributed by atoms with Crippen molar-refractivity contribution in [2.45, 2.75) is 95.5 Å². The van der Waals surface area contributed by atoms with E-state index in [0.29, 0.717) is 25.7 Å². The van der Waals surface area contributed by atoms with Crippen molar-refractivity contribution in [1.82, 2.24) is 9.78 Å². The fraction of sp³-hybridized carbons (Fsp3) is 0.677. The van der Waals surface area contributed by atoms with Crippen LogP contribution in [0.4, 0.5) is 4.39 Å². The second kappa shape index (κ2) is 7.99. The number of hydrogen-bond donors (Lipinski definition) is 2. The third-order valence-electron chi connectivity index (χ3n) is 11.7. The highest BCUT2D eigenvalue weighted by molar-refractivity contribution is 5.91. The number of aliphatic hydroxyl groups excluding tert-OH is 2. The third kappa shape index (κ3) is 3.01. The molecule has 8 heteroatoms. The van der Waals surface area contributed by atoms with Crippen LogP contribution in [0.1, 0.15) is 64.6 Å². The Labute approximate surface area is 228 Å². The van der Waals surface area contributed by atoms with Gasteiger partial charge in [-0.1, -0.05) is 32.0 Å². The van der Waals surface area contributed by atoms with E-state index in [1.807, 2.05) is 55.1 Å². The van der Waals surface area contributed by atoms with Gasteiger partial charge in [-0.05, 0) is 87.8 Å². The number of fused-ring (bicyclic) bond motifs is 8. The summed E-state index contributed by atoms with van der Waals surface area (Å²) in [7, 11) is 0. The summed E-state index contributed by atoms with van der Waals surface area (Å²) in [5.74, 6) is -2.03. The first-order valence-electron chi connectivity index (χ1n) is 14.4. The van der Waals surface area contributed by atoms with Gasteiger partial charge >= 0.3 is 0 Å². The Bertz CT molecular complexity index is 1330. The number of ether oxygens (including phenoxy) is 2. The lowest BCUT2D eigenvalue weighted by molar-refractivity contribution is -0.267. The average Bonchev–Trinajstić information content (AvgIpc) is 3.50. The molecule has 4 aliphatic carbocycles. The number of rotatable bonds is 3. The van der Waals surface area contributed by atoms with Crippen molar-refractivity contribution >= 4 is 5.78 Å². The molecule has 3 saturated carbocycles. The lowest BCUT2D eigenvalue weighted by Crippen LogP contribution is -2.72. The van der Waals surface area contributed by atoms with Crippen LogP contribution in [-0.2, 0) is 27.1 Å². The monoisotopic (exact) mass is 538 g/mol. The Hall–Kier alpha value is -2.13. The van der Waals surface area contributed by atoms with Crippen LogP contribution in [0.3, 0.4) is 0 Å². The molecule has 1 aliphatic heterocycles. The fourth-order valence-corrected chi connectivity index (χ4v) is 10.1. The molecule has 2 N–H and O–H groups in total. The largest absolute Gasteiger partial charge is 0.390 e. The molecular formula is C31H39FN2O5. The van der Waals surface area contributed by atoms with Crippen LogP contribution in [0.15, 0.2) is 36.5 Å². The van der Waals surface area contributed by atoms with Crippen molar-refractivity contribution in [3.8, 4) is 5.69 Å². The molecule has 0 unspecified atom stereocenters. The summed E-state index contributed by atoms with van der Waals surface area (Å²) in [5, 5.41) is 26.6. The predicted octanol–water partition coefficient (Wildman–Crippen LogP) is 3.95. The Morgan fingerprint density at radius 3 is 2.59 bits per heavy atom. The van der Waals surface area contributed by atoms with E-state index in [-0.39, 0.29) is 18.3 Å². The van der Waals surface area contributed by atoms with Crippen molar-refractivity contribution in [1.29, 1.82) is 0 Å². The van der Waals surface area contributed by atoms with Gasteiger partial charge in [0.2, 0.25) is 0 Å². The second-order valence-corrected chi connectivity index (χ2v) is 13.7.